The second-order valence-electron chi connectivity index (χ2n) is 11.1. The lowest BCUT2D eigenvalue weighted by molar-refractivity contribution is -0.157. The minimum Gasteiger partial charge on any atom is -0.457 e. The number of aromatic nitrogens is 2. The summed E-state index contributed by atoms with van der Waals surface area (Å²) in [5, 5.41) is 10.1. The zero-order valence-corrected chi connectivity index (χ0v) is 24.9. The van der Waals surface area contributed by atoms with E-state index in [-0.39, 0.29) is 35.2 Å². The van der Waals surface area contributed by atoms with Crippen molar-refractivity contribution in [3.05, 3.63) is 33.1 Å². The van der Waals surface area contributed by atoms with Crippen molar-refractivity contribution in [3.63, 3.8) is 0 Å². The van der Waals surface area contributed by atoms with E-state index in [1.807, 2.05) is 0 Å². The van der Waals surface area contributed by atoms with E-state index in [2.05, 4.69) is 53.5 Å². The van der Waals surface area contributed by atoms with Crippen molar-refractivity contribution in [1.29, 1.82) is 0 Å². The van der Waals surface area contributed by atoms with E-state index in [1.165, 1.54) is 16.8 Å². The number of hydrogen-bond donors (Lipinski definition) is 2. The SMILES string of the molecule is CCCCCC(=O)CCC(=O)O[C@@H]1C(O[Si](C(C)C)(C(C)C)C(C)C)[C@H](n2ccc(=O)[nH]c2=O)O[C@@H]1CO. The molecule has 10 nitrogen and oxygen atoms in total. The maximum atomic E-state index is 12.9. The van der Waals surface area contributed by atoms with Gasteiger partial charge >= 0.3 is 11.7 Å². The Morgan fingerprint density at radius 3 is 2.18 bits per heavy atom. The Kier molecular flexibility index (Phi) is 12.1. The van der Waals surface area contributed by atoms with Crippen LogP contribution in [0.5, 0.6) is 0 Å². The predicted octanol–water partition coefficient (Wildman–Crippen LogP) is 3.83. The van der Waals surface area contributed by atoms with Gasteiger partial charge < -0.3 is 19.0 Å². The molecule has 216 valence electrons. The normalized spacial score (nSPS) is 22.0. The smallest absolute Gasteiger partial charge is 0.330 e. The zero-order chi connectivity index (χ0) is 28.6. The zero-order valence-electron chi connectivity index (χ0n) is 23.9. The number of esters is 1. The monoisotopic (exact) mass is 554 g/mol. The Hall–Kier alpha value is -2.08. The van der Waals surface area contributed by atoms with Crippen LogP contribution in [0.25, 0.3) is 0 Å². The molecule has 1 aliphatic rings. The minimum absolute atomic E-state index is 0.00750. The van der Waals surface area contributed by atoms with Crippen molar-refractivity contribution in [1.82, 2.24) is 9.55 Å². The number of carbonyl (C=O) groups excluding carboxylic acids is 2. The Balaban J connectivity index is 2.41. The number of Topliss-reactive ketones (excluding diaryl/α,β-unsaturated/α-hetero) is 1. The average molecular weight is 555 g/mol. The molecule has 0 aliphatic carbocycles. The van der Waals surface area contributed by atoms with E-state index in [0.717, 1.165) is 19.3 Å². The van der Waals surface area contributed by atoms with Crippen LogP contribution in [0.3, 0.4) is 0 Å². The summed E-state index contributed by atoms with van der Waals surface area (Å²) in [7, 11) is -2.58. The van der Waals surface area contributed by atoms with Crippen molar-refractivity contribution >= 4 is 20.1 Å². The molecule has 1 fully saturated rings. The standard InChI is InChI=1S/C27H46N2O8Si/c1-8-9-10-11-20(31)12-13-23(33)36-24-21(16-30)35-26(29-15-14-22(32)28-27(29)34)25(24)37-38(17(2)3,18(4)5)19(6)7/h14-15,17-19,21,24-26,30H,8-13,16H2,1-7H3,(H,28,32,34)/t21-,24+,25?,26-/m1/s1. The van der Waals surface area contributed by atoms with Gasteiger partial charge in [0.2, 0.25) is 8.32 Å². The van der Waals surface area contributed by atoms with E-state index in [4.69, 9.17) is 13.9 Å². The number of rotatable bonds is 15. The van der Waals surface area contributed by atoms with E-state index >= 15 is 0 Å². The van der Waals surface area contributed by atoms with Crippen molar-refractivity contribution in [2.45, 2.75) is 128 Å². The molecular formula is C27H46N2O8Si. The molecule has 0 spiro atoms. The summed E-state index contributed by atoms with van der Waals surface area (Å²) < 4.78 is 20.1. The third-order valence-corrected chi connectivity index (χ3v) is 13.7. The van der Waals surface area contributed by atoms with Gasteiger partial charge in [0.15, 0.2) is 12.3 Å². The van der Waals surface area contributed by atoms with Gasteiger partial charge in [0.05, 0.1) is 13.0 Å². The number of aliphatic hydroxyl groups excluding tert-OH is 1. The maximum absolute atomic E-state index is 12.9. The van der Waals surface area contributed by atoms with Crippen LogP contribution >= 0.6 is 0 Å². The highest BCUT2D eigenvalue weighted by atomic mass is 28.4. The fraction of sp³-hybridized carbons (Fsp3) is 0.778. The first-order valence-corrected chi connectivity index (χ1v) is 16.0. The van der Waals surface area contributed by atoms with Crippen LogP contribution in [0.1, 0.15) is 93.2 Å². The second-order valence-corrected chi connectivity index (χ2v) is 16.5. The van der Waals surface area contributed by atoms with Crippen molar-refractivity contribution in [2.24, 2.45) is 0 Å². The van der Waals surface area contributed by atoms with Crippen LogP contribution in [-0.4, -0.2) is 59.6 Å². The molecule has 1 unspecified atom stereocenters. The quantitative estimate of drug-likeness (QED) is 0.190. The van der Waals surface area contributed by atoms with Gasteiger partial charge in [0.1, 0.15) is 18.0 Å². The molecule has 2 N–H and O–H groups in total. The molecule has 1 aliphatic heterocycles. The van der Waals surface area contributed by atoms with Crippen LogP contribution in [-0.2, 0) is 23.5 Å². The topological polar surface area (TPSA) is 137 Å². The lowest BCUT2D eigenvalue weighted by atomic mass is 10.1. The Morgan fingerprint density at radius 2 is 1.66 bits per heavy atom. The van der Waals surface area contributed by atoms with Crippen LogP contribution in [0.4, 0.5) is 0 Å². The number of nitrogens with zero attached hydrogens (tertiary/aromatic N) is 1. The van der Waals surface area contributed by atoms with Gasteiger partial charge in [0, 0.05) is 25.1 Å². The van der Waals surface area contributed by atoms with Crippen LogP contribution < -0.4 is 11.2 Å². The van der Waals surface area contributed by atoms with Gasteiger partial charge in [-0.25, -0.2) is 4.79 Å². The predicted molar refractivity (Wildman–Crippen MR) is 147 cm³/mol. The van der Waals surface area contributed by atoms with Gasteiger partial charge in [-0.05, 0) is 23.0 Å². The van der Waals surface area contributed by atoms with Crippen molar-refractivity contribution in [3.8, 4) is 0 Å². The van der Waals surface area contributed by atoms with Crippen molar-refractivity contribution in [2.75, 3.05) is 6.61 Å². The summed E-state index contributed by atoms with van der Waals surface area (Å²) in [6, 6.07) is 1.21. The second kappa shape index (κ2) is 14.3. The van der Waals surface area contributed by atoms with E-state index < -0.39 is 56.7 Å². The summed E-state index contributed by atoms with van der Waals surface area (Å²) in [6.07, 6.45) is 0.617. The van der Waals surface area contributed by atoms with Crippen LogP contribution in [0.2, 0.25) is 16.6 Å². The number of hydrogen-bond acceptors (Lipinski definition) is 8. The Morgan fingerprint density at radius 1 is 1.03 bits per heavy atom. The number of H-pyrrole nitrogens is 1. The number of carbonyl (C=O) groups is 2. The average Bonchev–Trinajstić information content (AvgIpc) is 3.16. The molecule has 0 radical (unpaired) electrons. The highest BCUT2D eigenvalue weighted by Crippen LogP contribution is 2.46. The summed E-state index contributed by atoms with van der Waals surface area (Å²) in [4.78, 5) is 51.7. The lowest BCUT2D eigenvalue weighted by Crippen LogP contribution is -2.54. The molecule has 0 bridgehead atoms. The summed E-state index contributed by atoms with van der Waals surface area (Å²) in [5.74, 6) is -0.581. The van der Waals surface area contributed by atoms with Crippen LogP contribution in [0.15, 0.2) is 21.9 Å². The fourth-order valence-corrected chi connectivity index (χ4v) is 11.3. The largest absolute Gasteiger partial charge is 0.457 e. The number of unbranched alkanes of at least 4 members (excludes halogenated alkanes) is 2. The minimum atomic E-state index is -2.58. The third-order valence-electron chi connectivity index (χ3n) is 7.57. The molecular weight excluding hydrogens is 508 g/mol. The first kappa shape index (κ1) is 32.1. The van der Waals surface area contributed by atoms with Gasteiger partial charge in [-0.1, -0.05) is 61.3 Å². The van der Waals surface area contributed by atoms with Gasteiger partial charge in [-0.15, -0.1) is 0 Å². The molecule has 0 saturated carbocycles. The summed E-state index contributed by atoms with van der Waals surface area (Å²) in [5.41, 5.74) is -0.701. The summed E-state index contributed by atoms with van der Waals surface area (Å²) >= 11 is 0. The molecule has 1 aromatic heterocycles. The highest BCUT2D eigenvalue weighted by Gasteiger charge is 2.55. The molecule has 1 aromatic rings. The number of nitrogens with one attached hydrogen (secondary N) is 1. The first-order valence-electron chi connectivity index (χ1n) is 13.9. The highest BCUT2D eigenvalue weighted by molar-refractivity contribution is 6.77. The Labute approximate surface area is 226 Å². The maximum Gasteiger partial charge on any atom is 0.330 e. The molecule has 11 heteroatoms. The number of aromatic amines is 1. The molecule has 38 heavy (non-hydrogen) atoms. The number of ketones is 1. The van der Waals surface area contributed by atoms with E-state index in [9.17, 15) is 24.3 Å². The molecule has 1 saturated heterocycles. The first-order chi connectivity index (χ1) is 17.9. The molecule has 2 heterocycles. The fourth-order valence-electron chi connectivity index (χ4n) is 5.77. The molecule has 0 amide bonds. The molecule has 2 rings (SSSR count). The number of ether oxygens (including phenoxy) is 2. The van der Waals surface area contributed by atoms with Crippen LogP contribution in [0, 0.1) is 0 Å². The van der Waals surface area contributed by atoms with E-state index in [1.54, 1.807) is 0 Å². The number of aliphatic hydroxyl groups is 1. The molecule has 4 atom stereocenters. The van der Waals surface area contributed by atoms with Gasteiger partial charge in [0.25, 0.3) is 5.56 Å². The summed E-state index contributed by atoms with van der Waals surface area (Å²) in [6.45, 7) is 14.2. The van der Waals surface area contributed by atoms with Gasteiger partial charge in [-0.2, -0.15) is 0 Å². The molecule has 0 aromatic carbocycles. The van der Waals surface area contributed by atoms with Crippen molar-refractivity contribution < 1.29 is 28.6 Å². The third kappa shape index (κ3) is 7.52. The Bertz CT molecular complexity index is 1010. The van der Waals surface area contributed by atoms with Gasteiger partial charge in [-0.3, -0.25) is 23.9 Å². The van der Waals surface area contributed by atoms with E-state index in [0.29, 0.717) is 6.42 Å². The lowest BCUT2D eigenvalue weighted by Gasteiger charge is -2.45.